The molecule has 3 heteroatoms. The van der Waals surface area contributed by atoms with Gasteiger partial charge in [-0.25, -0.2) is 0 Å². The molecule has 0 amide bonds. The van der Waals surface area contributed by atoms with Crippen LogP contribution in [0.1, 0.15) is 5.56 Å². The van der Waals surface area contributed by atoms with Crippen LogP contribution in [0.3, 0.4) is 0 Å². The molecule has 1 unspecified atom stereocenters. The van der Waals surface area contributed by atoms with Crippen LogP contribution in [0, 0.1) is 0 Å². The van der Waals surface area contributed by atoms with E-state index >= 15 is 0 Å². The summed E-state index contributed by atoms with van der Waals surface area (Å²) in [7, 11) is 1.72. The Hall–Kier alpha value is -0.900. The Morgan fingerprint density at radius 1 is 1.40 bits per heavy atom. The molecule has 1 atom stereocenters. The quantitative estimate of drug-likeness (QED) is 0.806. The van der Waals surface area contributed by atoms with Gasteiger partial charge in [-0.05, 0) is 5.56 Å². The zero-order valence-corrected chi connectivity index (χ0v) is 9.03. The Labute approximate surface area is 90.4 Å². The summed E-state index contributed by atoms with van der Waals surface area (Å²) < 4.78 is 10.8. The highest BCUT2D eigenvalue weighted by Crippen LogP contribution is 2.23. The Morgan fingerprint density at radius 3 is 2.80 bits per heavy atom. The largest absolute Gasteiger partial charge is 0.382 e. The molecule has 0 radical (unpaired) electrons. The highest BCUT2D eigenvalue weighted by Gasteiger charge is 2.34. The fourth-order valence-corrected chi connectivity index (χ4v) is 2.02. The van der Waals surface area contributed by atoms with Crippen molar-refractivity contribution >= 4 is 0 Å². The number of methoxy groups -OCH3 is 1. The number of rotatable bonds is 3. The van der Waals surface area contributed by atoms with E-state index in [2.05, 4.69) is 17.4 Å². The van der Waals surface area contributed by atoms with Gasteiger partial charge >= 0.3 is 0 Å². The third kappa shape index (κ3) is 2.20. The molecule has 15 heavy (non-hydrogen) atoms. The average Bonchev–Trinajstić information content (AvgIpc) is 2.32. The molecular weight excluding hydrogens is 190 g/mol. The van der Waals surface area contributed by atoms with Crippen LogP contribution < -0.4 is 5.32 Å². The summed E-state index contributed by atoms with van der Waals surface area (Å²) in [5.41, 5.74) is 1.06. The molecule has 0 spiro atoms. The Bertz CT molecular complexity index is 288. The zero-order chi connectivity index (χ0) is 10.6. The molecule has 1 N–H and O–H groups in total. The second-order valence-electron chi connectivity index (χ2n) is 3.86. The lowest BCUT2D eigenvalue weighted by molar-refractivity contribution is -0.0147. The smallest absolute Gasteiger partial charge is 0.0909 e. The Morgan fingerprint density at radius 2 is 2.20 bits per heavy atom. The summed E-state index contributed by atoms with van der Waals surface area (Å²) in [6.45, 7) is 2.96. The maximum absolute atomic E-state index is 5.55. The first-order chi connectivity index (χ1) is 7.37. The first-order valence-electron chi connectivity index (χ1n) is 5.25. The highest BCUT2D eigenvalue weighted by atomic mass is 16.5. The molecule has 1 aromatic carbocycles. The molecule has 0 bridgehead atoms. The van der Waals surface area contributed by atoms with Gasteiger partial charge in [-0.15, -0.1) is 0 Å². The van der Waals surface area contributed by atoms with Crippen LogP contribution in [0.15, 0.2) is 30.3 Å². The second-order valence-corrected chi connectivity index (χ2v) is 3.86. The molecule has 0 aliphatic carbocycles. The number of benzene rings is 1. The Balaban J connectivity index is 2.25. The van der Waals surface area contributed by atoms with Crippen molar-refractivity contribution in [2.24, 2.45) is 0 Å². The third-order valence-corrected chi connectivity index (χ3v) is 2.78. The maximum atomic E-state index is 5.55. The van der Waals surface area contributed by atoms with E-state index in [1.165, 1.54) is 5.56 Å². The summed E-state index contributed by atoms with van der Waals surface area (Å²) in [6, 6.07) is 10.3. The number of morpholine rings is 1. The van der Waals surface area contributed by atoms with Gasteiger partial charge in [-0.2, -0.15) is 0 Å². The maximum Gasteiger partial charge on any atom is 0.0909 e. The van der Waals surface area contributed by atoms with Gasteiger partial charge in [0.25, 0.3) is 0 Å². The average molecular weight is 207 g/mol. The summed E-state index contributed by atoms with van der Waals surface area (Å²) in [5, 5.41) is 3.50. The zero-order valence-electron chi connectivity index (χ0n) is 9.03. The number of hydrogen-bond donors (Lipinski definition) is 1. The SMILES string of the molecule is COCC1(c2ccccc2)COCCN1. The van der Waals surface area contributed by atoms with Crippen LogP contribution >= 0.6 is 0 Å². The van der Waals surface area contributed by atoms with E-state index in [1.54, 1.807) is 7.11 Å². The monoisotopic (exact) mass is 207 g/mol. The molecule has 1 aliphatic heterocycles. The number of ether oxygens (including phenoxy) is 2. The van der Waals surface area contributed by atoms with Crippen LogP contribution in [0.5, 0.6) is 0 Å². The van der Waals surface area contributed by atoms with E-state index in [-0.39, 0.29) is 5.54 Å². The molecular formula is C12H17NO2. The van der Waals surface area contributed by atoms with E-state index in [9.17, 15) is 0 Å². The van der Waals surface area contributed by atoms with Crippen LogP contribution in [0.25, 0.3) is 0 Å². The fraction of sp³-hybridized carbons (Fsp3) is 0.500. The van der Waals surface area contributed by atoms with Crippen LogP contribution in [0.4, 0.5) is 0 Å². The molecule has 1 aliphatic rings. The third-order valence-electron chi connectivity index (χ3n) is 2.78. The second kappa shape index (κ2) is 4.75. The van der Waals surface area contributed by atoms with Crippen molar-refractivity contribution in [3.8, 4) is 0 Å². The van der Waals surface area contributed by atoms with E-state index < -0.39 is 0 Å². The summed E-state index contributed by atoms with van der Waals surface area (Å²) in [5.74, 6) is 0. The molecule has 1 heterocycles. The van der Waals surface area contributed by atoms with Crippen LogP contribution in [0.2, 0.25) is 0 Å². The van der Waals surface area contributed by atoms with Gasteiger partial charge in [0.05, 0.1) is 25.4 Å². The first kappa shape index (κ1) is 10.6. The molecule has 82 valence electrons. The van der Waals surface area contributed by atoms with Crippen molar-refractivity contribution in [3.63, 3.8) is 0 Å². The molecule has 0 aromatic heterocycles. The topological polar surface area (TPSA) is 30.5 Å². The molecule has 1 fully saturated rings. The van der Waals surface area contributed by atoms with Crippen molar-refractivity contribution in [2.45, 2.75) is 5.54 Å². The van der Waals surface area contributed by atoms with Gasteiger partial charge < -0.3 is 14.8 Å². The molecule has 3 nitrogen and oxygen atoms in total. The minimum Gasteiger partial charge on any atom is -0.382 e. The lowest BCUT2D eigenvalue weighted by Gasteiger charge is -2.38. The molecule has 1 saturated heterocycles. The normalized spacial score (nSPS) is 26.5. The van der Waals surface area contributed by atoms with E-state index in [0.717, 1.165) is 13.2 Å². The lowest BCUT2D eigenvalue weighted by Crippen LogP contribution is -2.54. The lowest BCUT2D eigenvalue weighted by atomic mass is 9.90. The summed E-state index contributed by atoms with van der Waals surface area (Å²) in [6.07, 6.45) is 0. The molecule has 2 rings (SSSR count). The predicted molar refractivity (Wildman–Crippen MR) is 58.8 cm³/mol. The summed E-state index contributed by atoms with van der Waals surface area (Å²) in [4.78, 5) is 0. The van der Waals surface area contributed by atoms with E-state index in [0.29, 0.717) is 13.2 Å². The predicted octanol–water partition coefficient (Wildman–Crippen LogP) is 1.15. The summed E-state index contributed by atoms with van der Waals surface area (Å²) >= 11 is 0. The van der Waals surface area contributed by atoms with Gasteiger partial charge in [0.1, 0.15) is 0 Å². The van der Waals surface area contributed by atoms with Gasteiger partial charge in [0.15, 0.2) is 0 Å². The highest BCUT2D eigenvalue weighted by molar-refractivity contribution is 5.25. The minimum absolute atomic E-state index is 0.172. The minimum atomic E-state index is -0.172. The van der Waals surface area contributed by atoms with Crippen molar-refractivity contribution in [3.05, 3.63) is 35.9 Å². The van der Waals surface area contributed by atoms with E-state index in [4.69, 9.17) is 9.47 Å². The van der Waals surface area contributed by atoms with Gasteiger partial charge in [0, 0.05) is 13.7 Å². The van der Waals surface area contributed by atoms with Gasteiger partial charge in [-0.1, -0.05) is 30.3 Å². The van der Waals surface area contributed by atoms with Crippen LogP contribution in [-0.2, 0) is 15.0 Å². The van der Waals surface area contributed by atoms with Crippen LogP contribution in [-0.4, -0.2) is 33.5 Å². The van der Waals surface area contributed by atoms with Gasteiger partial charge in [0.2, 0.25) is 0 Å². The Kier molecular flexibility index (Phi) is 3.36. The van der Waals surface area contributed by atoms with Crippen molar-refractivity contribution < 1.29 is 9.47 Å². The standard InChI is InChI=1S/C12H17NO2/c1-14-9-12(10-15-8-7-13-12)11-5-3-2-4-6-11/h2-6,13H,7-10H2,1H3. The van der Waals surface area contributed by atoms with Gasteiger partial charge in [-0.3, -0.25) is 0 Å². The van der Waals surface area contributed by atoms with Crippen molar-refractivity contribution in [1.29, 1.82) is 0 Å². The van der Waals surface area contributed by atoms with Crippen molar-refractivity contribution in [1.82, 2.24) is 5.32 Å². The molecule has 1 aromatic rings. The molecule has 0 saturated carbocycles. The number of nitrogens with one attached hydrogen (secondary N) is 1. The fourth-order valence-electron chi connectivity index (χ4n) is 2.02. The van der Waals surface area contributed by atoms with E-state index in [1.807, 2.05) is 18.2 Å². The number of hydrogen-bond acceptors (Lipinski definition) is 3. The van der Waals surface area contributed by atoms with Crippen molar-refractivity contribution in [2.75, 3.05) is 33.5 Å². The first-order valence-corrected chi connectivity index (χ1v) is 5.25.